The van der Waals surface area contributed by atoms with E-state index in [1.807, 2.05) is 50.2 Å². The highest BCUT2D eigenvalue weighted by molar-refractivity contribution is 5.99. The number of rotatable bonds is 4. The van der Waals surface area contributed by atoms with Gasteiger partial charge in [0.25, 0.3) is 5.91 Å². The topological polar surface area (TPSA) is 59.8 Å². The molecule has 1 atom stereocenters. The molecule has 5 heteroatoms. The van der Waals surface area contributed by atoms with Crippen molar-refractivity contribution in [1.82, 2.24) is 4.90 Å². The molecule has 0 unspecified atom stereocenters. The maximum absolute atomic E-state index is 13.3. The van der Waals surface area contributed by atoms with Crippen LogP contribution in [0.15, 0.2) is 51.7 Å². The predicted octanol–water partition coefficient (Wildman–Crippen LogP) is 3.60. The summed E-state index contributed by atoms with van der Waals surface area (Å²) in [7, 11) is 1.59. The zero-order chi connectivity index (χ0) is 19.1. The number of amides is 1. The molecule has 1 aromatic heterocycles. The van der Waals surface area contributed by atoms with Gasteiger partial charge in [0.1, 0.15) is 5.58 Å². The van der Waals surface area contributed by atoms with Gasteiger partial charge in [-0.2, -0.15) is 0 Å². The zero-order valence-electron chi connectivity index (χ0n) is 15.6. The van der Waals surface area contributed by atoms with Gasteiger partial charge in [-0.05, 0) is 31.5 Å². The van der Waals surface area contributed by atoms with E-state index < -0.39 is 6.04 Å². The largest absolute Gasteiger partial charge is 0.450 e. The van der Waals surface area contributed by atoms with Crippen LogP contribution in [0.4, 0.5) is 0 Å². The van der Waals surface area contributed by atoms with Crippen molar-refractivity contribution >= 4 is 16.9 Å². The van der Waals surface area contributed by atoms with Gasteiger partial charge in [-0.15, -0.1) is 0 Å². The number of fused-ring (bicyclic) bond motifs is 2. The number of nitrogens with zero attached hydrogens (tertiary/aromatic N) is 1. The summed E-state index contributed by atoms with van der Waals surface area (Å²) in [5.74, 6) is -0.134. The molecule has 2 aromatic carbocycles. The molecule has 27 heavy (non-hydrogen) atoms. The SMILES string of the molecule is COCCN1C(=O)c2oc3ccc(C)cc3c(=O)c2[C@H]1c1ccc(C)cc1. The number of carbonyl (C=O) groups is 1. The van der Waals surface area contributed by atoms with Crippen LogP contribution in [0, 0.1) is 13.8 Å². The Labute approximate surface area is 157 Å². The van der Waals surface area contributed by atoms with Gasteiger partial charge in [-0.1, -0.05) is 41.5 Å². The highest BCUT2D eigenvalue weighted by Gasteiger charge is 2.42. The molecule has 0 saturated heterocycles. The van der Waals surface area contributed by atoms with Crippen molar-refractivity contribution < 1.29 is 13.9 Å². The monoisotopic (exact) mass is 363 g/mol. The standard InChI is InChI=1S/C22H21NO4/c1-13-4-7-15(8-5-13)19-18-20(24)16-12-14(2)6-9-17(16)27-21(18)22(25)23(19)10-11-26-3/h4-9,12,19H,10-11H2,1-3H3/t19-/m1/s1. The fourth-order valence-corrected chi connectivity index (χ4v) is 3.65. The summed E-state index contributed by atoms with van der Waals surface area (Å²) in [6.45, 7) is 4.70. The van der Waals surface area contributed by atoms with Crippen LogP contribution in [0.1, 0.15) is 38.9 Å². The number of hydrogen-bond acceptors (Lipinski definition) is 4. The van der Waals surface area contributed by atoms with Crippen LogP contribution in [0.25, 0.3) is 11.0 Å². The number of ether oxygens (including phenoxy) is 1. The van der Waals surface area contributed by atoms with Gasteiger partial charge in [0.2, 0.25) is 5.76 Å². The van der Waals surface area contributed by atoms with E-state index in [0.29, 0.717) is 29.7 Å². The fraction of sp³-hybridized carbons (Fsp3) is 0.273. The molecular weight excluding hydrogens is 342 g/mol. The lowest BCUT2D eigenvalue weighted by molar-refractivity contribution is 0.0663. The van der Waals surface area contributed by atoms with Crippen molar-refractivity contribution in [3.05, 3.63) is 80.7 Å². The first-order valence-electron chi connectivity index (χ1n) is 8.95. The highest BCUT2D eigenvalue weighted by Crippen LogP contribution is 2.38. The first kappa shape index (κ1) is 17.5. The fourth-order valence-electron chi connectivity index (χ4n) is 3.65. The Morgan fingerprint density at radius 3 is 2.44 bits per heavy atom. The summed E-state index contributed by atoms with van der Waals surface area (Å²) < 4.78 is 11.1. The van der Waals surface area contributed by atoms with Crippen molar-refractivity contribution in [3.8, 4) is 0 Å². The van der Waals surface area contributed by atoms with Crippen LogP contribution in [0.5, 0.6) is 0 Å². The van der Waals surface area contributed by atoms with Crippen molar-refractivity contribution in [1.29, 1.82) is 0 Å². The molecule has 2 heterocycles. The highest BCUT2D eigenvalue weighted by atomic mass is 16.5. The lowest BCUT2D eigenvalue weighted by Gasteiger charge is -2.24. The average molecular weight is 363 g/mol. The van der Waals surface area contributed by atoms with Crippen molar-refractivity contribution in [2.24, 2.45) is 0 Å². The molecular formula is C22H21NO4. The molecule has 1 aliphatic heterocycles. The smallest absolute Gasteiger partial charge is 0.290 e. The van der Waals surface area contributed by atoms with E-state index in [4.69, 9.17) is 9.15 Å². The Morgan fingerprint density at radius 2 is 1.74 bits per heavy atom. The van der Waals surface area contributed by atoms with E-state index in [0.717, 1.165) is 16.7 Å². The van der Waals surface area contributed by atoms with Crippen molar-refractivity contribution in [2.75, 3.05) is 20.3 Å². The Morgan fingerprint density at radius 1 is 1.04 bits per heavy atom. The number of aryl methyl sites for hydroxylation is 2. The lowest BCUT2D eigenvalue weighted by atomic mass is 9.97. The molecule has 0 saturated carbocycles. The van der Waals surface area contributed by atoms with E-state index >= 15 is 0 Å². The molecule has 5 nitrogen and oxygen atoms in total. The predicted molar refractivity (Wildman–Crippen MR) is 103 cm³/mol. The summed E-state index contributed by atoms with van der Waals surface area (Å²) in [4.78, 5) is 28.0. The summed E-state index contributed by atoms with van der Waals surface area (Å²) in [6, 6.07) is 12.9. The van der Waals surface area contributed by atoms with Gasteiger partial charge >= 0.3 is 0 Å². The van der Waals surface area contributed by atoms with E-state index in [2.05, 4.69) is 0 Å². The van der Waals surface area contributed by atoms with Crippen molar-refractivity contribution in [2.45, 2.75) is 19.9 Å². The Kier molecular flexibility index (Phi) is 4.32. The minimum Gasteiger partial charge on any atom is -0.450 e. The number of carbonyl (C=O) groups excluding carboxylic acids is 1. The third-order valence-electron chi connectivity index (χ3n) is 5.05. The Hall–Kier alpha value is -2.92. The van der Waals surface area contributed by atoms with Gasteiger partial charge in [0.15, 0.2) is 5.43 Å². The maximum Gasteiger partial charge on any atom is 0.290 e. The Bertz CT molecular complexity index is 1080. The lowest BCUT2D eigenvalue weighted by Crippen LogP contribution is -2.32. The number of hydrogen-bond donors (Lipinski definition) is 0. The minimum atomic E-state index is -0.468. The molecule has 1 amide bonds. The third-order valence-corrected chi connectivity index (χ3v) is 5.05. The molecule has 3 aromatic rings. The van der Waals surface area contributed by atoms with E-state index in [9.17, 15) is 9.59 Å². The first-order valence-corrected chi connectivity index (χ1v) is 8.95. The Balaban J connectivity index is 1.97. The van der Waals surface area contributed by atoms with Gasteiger partial charge in [0, 0.05) is 13.7 Å². The second-order valence-corrected chi connectivity index (χ2v) is 6.98. The maximum atomic E-state index is 13.3. The van der Waals surface area contributed by atoms with Gasteiger partial charge in [-0.25, -0.2) is 0 Å². The van der Waals surface area contributed by atoms with Crippen LogP contribution in [0.2, 0.25) is 0 Å². The van der Waals surface area contributed by atoms with Gasteiger partial charge < -0.3 is 14.1 Å². The number of methoxy groups -OCH3 is 1. The van der Waals surface area contributed by atoms with Gasteiger partial charge in [-0.3, -0.25) is 9.59 Å². The third kappa shape index (κ3) is 2.84. The first-order chi connectivity index (χ1) is 13.0. The molecule has 0 fully saturated rings. The number of benzene rings is 2. The van der Waals surface area contributed by atoms with E-state index in [1.54, 1.807) is 18.1 Å². The normalized spacial score (nSPS) is 16.2. The van der Waals surface area contributed by atoms with E-state index in [-0.39, 0.29) is 17.1 Å². The summed E-state index contributed by atoms with van der Waals surface area (Å²) >= 11 is 0. The van der Waals surface area contributed by atoms with Crippen LogP contribution in [-0.2, 0) is 4.74 Å². The zero-order valence-corrected chi connectivity index (χ0v) is 15.6. The molecule has 138 valence electrons. The van der Waals surface area contributed by atoms with Crippen LogP contribution < -0.4 is 5.43 Å². The molecule has 0 radical (unpaired) electrons. The summed E-state index contributed by atoms with van der Waals surface area (Å²) in [5, 5.41) is 0.507. The van der Waals surface area contributed by atoms with E-state index in [1.165, 1.54) is 0 Å². The van der Waals surface area contributed by atoms with Crippen molar-refractivity contribution in [3.63, 3.8) is 0 Å². The summed E-state index contributed by atoms with van der Waals surface area (Å²) in [5.41, 5.74) is 3.69. The van der Waals surface area contributed by atoms with Gasteiger partial charge in [0.05, 0.1) is 23.6 Å². The van der Waals surface area contributed by atoms with Crippen LogP contribution in [0.3, 0.4) is 0 Å². The quantitative estimate of drug-likeness (QED) is 0.711. The molecule has 0 bridgehead atoms. The summed E-state index contributed by atoms with van der Waals surface area (Å²) in [6.07, 6.45) is 0. The molecule has 4 rings (SSSR count). The molecule has 1 aliphatic rings. The molecule has 0 N–H and O–H groups in total. The molecule has 0 aliphatic carbocycles. The average Bonchev–Trinajstić information content (AvgIpc) is 2.94. The minimum absolute atomic E-state index is 0.137. The second-order valence-electron chi connectivity index (χ2n) is 6.98. The molecule has 0 spiro atoms. The second kappa shape index (κ2) is 6.67. The van der Waals surface area contributed by atoms with Crippen LogP contribution in [-0.4, -0.2) is 31.1 Å². The van der Waals surface area contributed by atoms with Crippen LogP contribution >= 0.6 is 0 Å².